The second-order valence-corrected chi connectivity index (χ2v) is 7.42. The smallest absolute Gasteiger partial charge is 0.150 e. The first-order chi connectivity index (χ1) is 9.40. The van der Waals surface area contributed by atoms with Crippen molar-refractivity contribution in [2.45, 2.75) is 4.90 Å². The lowest BCUT2D eigenvalue weighted by atomic mass is 10.4. The maximum atomic E-state index is 6.13. The average Bonchev–Trinajstić information content (AvgIpc) is 2.42. The van der Waals surface area contributed by atoms with E-state index < -0.39 is 0 Å². The number of hydrogen-bond donors (Lipinski definition) is 0. The van der Waals surface area contributed by atoms with Gasteiger partial charge in [-0.25, -0.2) is 4.98 Å². The number of likely N-dealkylation sites (N-methyl/N-ethyl adjacent to an activating group) is 1. The molecule has 0 atom stereocenters. The Morgan fingerprint density at radius 3 is 2.05 bits per heavy atom. The predicted molar refractivity (Wildman–Crippen MR) is 91.8 cm³/mol. The highest BCUT2D eigenvalue weighted by atomic mass is 35.5. The highest BCUT2D eigenvalue weighted by Crippen LogP contribution is 2.41. The summed E-state index contributed by atoms with van der Waals surface area (Å²) in [7, 11) is 2.09. The lowest BCUT2D eigenvalue weighted by Crippen LogP contribution is -2.45. The maximum Gasteiger partial charge on any atom is 0.150 e. The Hall–Kier alpha value is 0.510. The molecular formula is C11H11Cl4N3S2. The summed E-state index contributed by atoms with van der Waals surface area (Å²) in [4.78, 5) is 8.78. The minimum atomic E-state index is 0.129. The summed E-state index contributed by atoms with van der Waals surface area (Å²) in [5.41, 5.74) is 0. The van der Waals surface area contributed by atoms with E-state index in [1.54, 1.807) is 0 Å². The van der Waals surface area contributed by atoms with E-state index in [1.807, 2.05) is 0 Å². The first-order valence-corrected chi connectivity index (χ1v) is 8.49. The van der Waals surface area contributed by atoms with E-state index >= 15 is 0 Å². The van der Waals surface area contributed by atoms with Crippen LogP contribution >= 0.6 is 70.4 Å². The van der Waals surface area contributed by atoms with Crippen molar-refractivity contribution in [1.29, 1.82) is 0 Å². The molecule has 0 spiro atoms. The number of hydrogen-bond acceptors (Lipinski definition) is 4. The Bertz CT molecular complexity index is 507. The third-order valence-electron chi connectivity index (χ3n) is 2.91. The normalized spacial score (nSPS) is 16.6. The molecule has 0 saturated carbocycles. The van der Waals surface area contributed by atoms with Gasteiger partial charge in [0.25, 0.3) is 0 Å². The molecule has 1 aromatic rings. The topological polar surface area (TPSA) is 19.4 Å². The van der Waals surface area contributed by atoms with Crippen LogP contribution in [-0.2, 0) is 0 Å². The molecule has 2 heterocycles. The molecule has 0 radical (unpaired) electrons. The Labute approximate surface area is 147 Å². The number of nitrogens with zero attached hydrogens (tertiary/aromatic N) is 3. The predicted octanol–water partition coefficient (Wildman–Crippen LogP) is 4.32. The van der Waals surface area contributed by atoms with Crippen LogP contribution in [0, 0.1) is 0 Å². The molecule has 1 aliphatic rings. The highest BCUT2D eigenvalue weighted by Gasteiger charge is 2.22. The molecule has 20 heavy (non-hydrogen) atoms. The van der Waals surface area contributed by atoms with Crippen molar-refractivity contribution in [2.24, 2.45) is 0 Å². The van der Waals surface area contributed by atoms with Crippen molar-refractivity contribution in [3.05, 3.63) is 20.4 Å². The lowest BCUT2D eigenvalue weighted by Gasteiger charge is -2.33. The van der Waals surface area contributed by atoms with Gasteiger partial charge in [-0.1, -0.05) is 70.4 Å². The van der Waals surface area contributed by atoms with Crippen LogP contribution in [0.25, 0.3) is 0 Å². The number of thiocarbonyl (C=S) groups is 1. The number of piperazine rings is 1. The molecule has 1 saturated heterocycles. The van der Waals surface area contributed by atoms with E-state index in [0.717, 1.165) is 26.2 Å². The van der Waals surface area contributed by atoms with Gasteiger partial charge in [-0.15, -0.1) is 0 Å². The van der Waals surface area contributed by atoms with Crippen molar-refractivity contribution < 1.29 is 0 Å². The Morgan fingerprint density at radius 2 is 1.55 bits per heavy atom. The fourth-order valence-corrected chi connectivity index (χ4v) is 4.06. The molecule has 1 aromatic heterocycles. The summed E-state index contributed by atoms with van der Waals surface area (Å²) in [6.07, 6.45) is 0. The van der Waals surface area contributed by atoms with E-state index in [2.05, 4.69) is 21.8 Å². The van der Waals surface area contributed by atoms with Gasteiger partial charge in [-0.2, -0.15) is 0 Å². The molecule has 2 rings (SSSR count). The van der Waals surface area contributed by atoms with Gasteiger partial charge in [0, 0.05) is 26.2 Å². The van der Waals surface area contributed by atoms with E-state index in [-0.39, 0.29) is 20.4 Å². The quantitative estimate of drug-likeness (QED) is 0.402. The van der Waals surface area contributed by atoms with Gasteiger partial charge >= 0.3 is 0 Å². The highest BCUT2D eigenvalue weighted by molar-refractivity contribution is 8.23. The standard InChI is InChI=1S/C11H11Cl4N3S2/c1-17-2-4-18(5-3-17)11(19)20-8-6(12)9(14)16-10(15)7(8)13/h2-5H2,1H3. The summed E-state index contributed by atoms with van der Waals surface area (Å²) in [5, 5.41) is 0.819. The minimum absolute atomic E-state index is 0.129. The first kappa shape index (κ1) is 16.9. The third-order valence-corrected chi connectivity index (χ3v) is 6.16. The van der Waals surface area contributed by atoms with Crippen molar-refractivity contribution in [2.75, 3.05) is 33.2 Å². The fraction of sp³-hybridized carbons (Fsp3) is 0.455. The molecule has 110 valence electrons. The number of aromatic nitrogens is 1. The summed E-state index contributed by atoms with van der Waals surface area (Å²) in [6.45, 7) is 3.70. The summed E-state index contributed by atoms with van der Waals surface area (Å²) < 4.78 is 0.709. The third kappa shape index (κ3) is 3.83. The molecule has 3 nitrogen and oxygen atoms in total. The van der Waals surface area contributed by atoms with E-state index in [9.17, 15) is 0 Å². The molecule has 0 bridgehead atoms. The number of pyridine rings is 1. The summed E-state index contributed by atoms with van der Waals surface area (Å²) >= 11 is 30.8. The van der Waals surface area contributed by atoms with Gasteiger partial charge in [0.15, 0.2) is 10.3 Å². The van der Waals surface area contributed by atoms with E-state index in [4.69, 9.17) is 58.6 Å². The zero-order valence-electron chi connectivity index (χ0n) is 10.5. The molecule has 9 heteroatoms. The second-order valence-electron chi connectivity index (χ2n) is 4.31. The minimum Gasteiger partial charge on any atom is -0.355 e. The Morgan fingerprint density at radius 1 is 1.05 bits per heavy atom. The van der Waals surface area contributed by atoms with Gasteiger partial charge in [-0.3, -0.25) is 0 Å². The van der Waals surface area contributed by atoms with Gasteiger partial charge in [0.2, 0.25) is 0 Å². The zero-order chi connectivity index (χ0) is 14.9. The van der Waals surface area contributed by atoms with E-state index in [0.29, 0.717) is 9.22 Å². The van der Waals surface area contributed by atoms with Crippen LogP contribution < -0.4 is 0 Å². The number of thioether (sulfide) groups is 1. The first-order valence-electron chi connectivity index (χ1n) is 5.75. The monoisotopic (exact) mass is 389 g/mol. The van der Waals surface area contributed by atoms with Crippen LogP contribution in [0.3, 0.4) is 0 Å². The SMILES string of the molecule is CN1CCN(C(=S)Sc2c(Cl)c(Cl)nc(Cl)c2Cl)CC1. The van der Waals surface area contributed by atoms with Crippen LogP contribution in [0.2, 0.25) is 20.4 Å². The van der Waals surface area contributed by atoms with E-state index in [1.165, 1.54) is 11.8 Å². The summed E-state index contributed by atoms with van der Waals surface area (Å²) in [5.74, 6) is 0. The zero-order valence-corrected chi connectivity index (χ0v) is 15.2. The molecule has 1 aliphatic heterocycles. The fourth-order valence-electron chi connectivity index (χ4n) is 1.70. The van der Waals surface area contributed by atoms with Crippen molar-refractivity contribution in [3.63, 3.8) is 0 Å². The van der Waals surface area contributed by atoms with Gasteiger partial charge < -0.3 is 9.80 Å². The van der Waals surface area contributed by atoms with Crippen molar-refractivity contribution in [3.8, 4) is 0 Å². The van der Waals surface area contributed by atoms with Gasteiger partial charge in [0.05, 0.1) is 14.9 Å². The van der Waals surface area contributed by atoms with Crippen molar-refractivity contribution in [1.82, 2.24) is 14.8 Å². The summed E-state index contributed by atoms with van der Waals surface area (Å²) in [6, 6.07) is 0. The Kier molecular flexibility index (Phi) is 6.06. The molecular weight excluding hydrogens is 380 g/mol. The second kappa shape index (κ2) is 7.18. The molecule has 0 aliphatic carbocycles. The van der Waals surface area contributed by atoms with Crippen LogP contribution in [0.15, 0.2) is 4.90 Å². The average molecular weight is 391 g/mol. The molecule has 0 unspecified atom stereocenters. The number of halogens is 4. The number of rotatable bonds is 1. The van der Waals surface area contributed by atoms with Crippen LogP contribution in [-0.4, -0.2) is 52.3 Å². The van der Waals surface area contributed by atoms with Crippen LogP contribution in [0.5, 0.6) is 0 Å². The Balaban J connectivity index is 2.16. The van der Waals surface area contributed by atoms with Crippen LogP contribution in [0.1, 0.15) is 0 Å². The molecule has 0 N–H and O–H groups in total. The van der Waals surface area contributed by atoms with Crippen LogP contribution in [0.4, 0.5) is 0 Å². The van der Waals surface area contributed by atoms with Gasteiger partial charge in [-0.05, 0) is 7.05 Å². The largest absolute Gasteiger partial charge is 0.355 e. The molecule has 0 aromatic carbocycles. The van der Waals surface area contributed by atoms with Crippen molar-refractivity contribution >= 4 is 74.7 Å². The van der Waals surface area contributed by atoms with Gasteiger partial charge in [0.1, 0.15) is 4.32 Å². The maximum absolute atomic E-state index is 6.13. The lowest BCUT2D eigenvalue weighted by molar-refractivity contribution is 0.220. The molecule has 1 fully saturated rings. The molecule has 0 amide bonds.